The summed E-state index contributed by atoms with van der Waals surface area (Å²) in [6.07, 6.45) is 0.972. The van der Waals surface area contributed by atoms with Gasteiger partial charge in [0.15, 0.2) is 0 Å². The zero-order valence-corrected chi connectivity index (χ0v) is 4.86. The van der Waals surface area contributed by atoms with E-state index in [1.165, 1.54) is 0 Å². The summed E-state index contributed by atoms with van der Waals surface area (Å²) in [7, 11) is 0. The molecule has 0 bridgehead atoms. The van der Waals surface area contributed by atoms with Crippen LogP contribution in [0.5, 0.6) is 0 Å². The standard InChI is InChI=1S/CHN2O.Na/c2-3-1-4;/h2H;/q-1;+1. The monoisotopic (exact) mass is 80.0 g/mol. The van der Waals surface area contributed by atoms with Gasteiger partial charge in [0.25, 0.3) is 0 Å². The third-order valence-corrected chi connectivity index (χ3v) is 0.0456. The minimum atomic E-state index is 0. The van der Waals surface area contributed by atoms with E-state index >= 15 is 0 Å². The van der Waals surface area contributed by atoms with Gasteiger partial charge in [-0.25, -0.2) is 4.79 Å². The van der Waals surface area contributed by atoms with Crippen molar-refractivity contribution >= 4 is 6.08 Å². The SMILES string of the molecule is [NH-]N=C=O.[Na+]. The van der Waals surface area contributed by atoms with Crippen molar-refractivity contribution in [1.82, 2.24) is 0 Å². The minimum absolute atomic E-state index is 0. The third kappa shape index (κ3) is 14.3. The molecule has 3 nitrogen and oxygen atoms in total. The average Bonchev–Trinajstić information content (AvgIpc) is 1.37. The zero-order chi connectivity index (χ0) is 3.41. The Labute approximate surface area is 51.5 Å². The quantitative estimate of drug-likeness (QED) is 0.135. The first-order valence-electron chi connectivity index (χ1n) is 0.651. The molecule has 0 amide bonds. The number of isocyanates is 1. The predicted molar refractivity (Wildman–Crippen MR) is 12.4 cm³/mol. The Morgan fingerprint density at radius 2 is 2.00 bits per heavy atom. The Balaban J connectivity index is 0. The Morgan fingerprint density at radius 3 is 2.00 bits per heavy atom. The van der Waals surface area contributed by atoms with Gasteiger partial charge in [-0.1, -0.05) is 0 Å². The van der Waals surface area contributed by atoms with Crippen LogP contribution in [0.3, 0.4) is 0 Å². The number of carbonyl (C=O) groups excluding carboxylic acids is 1. The van der Waals surface area contributed by atoms with E-state index in [0.717, 1.165) is 6.08 Å². The van der Waals surface area contributed by atoms with Crippen LogP contribution in [0.2, 0.25) is 0 Å². The largest absolute Gasteiger partial charge is 1.00 e. The van der Waals surface area contributed by atoms with E-state index in [1.54, 1.807) is 0 Å². The van der Waals surface area contributed by atoms with Crippen molar-refractivity contribution in [2.24, 2.45) is 5.10 Å². The van der Waals surface area contributed by atoms with Crippen molar-refractivity contribution in [3.63, 3.8) is 0 Å². The molecule has 0 fully saturated rings. The van der Waals surface area contributed by atoms with Crippen molar-refractivity contribution in [2.45, 2.75) is 0 Å². The smallest absolute Gasteiger partial charge is 0.605 e. The Kier molecular flexibility index (Phi) is 15.9. The summed E-state index contributed by atoms with van der Waals surface area (Å²) in [6, 6.07) is 0. The maximum absolute atomic E-state index is 8.69. The number of nitrogens with one attached hydrogen (secondary N) is 1. The predicted octanol–water partition coefficient (Wildman–Crippen LogP) is -2.71. The second-order valence-electron chi connectivity index (χ2n) is 0.203. The molecule has 0 aliphatic heterocycles. The second-order valence-corrected chi connectivity index (χ2v) is 0.203. The molecule has 0 aromatic carbocycles. The van der Waals surface area contributed by atoms with E-state index in [4.69, 9.17) is 10.6 Å². The number of nitrogens with zero attached hydrogens (tertiary/aromatic N) is 1. The maximum Gasteiger partial charge on any atom is 1.00 e. The van der Waals surface area contributed by atoms with E-state index in [2.05, 4.69) is 5.10 Å². The molecule has 22 valence electrons. The molecule has 0 rings (SSSR count). The molecule has 0 aliphatic rings. The van der Waals surface area contributed by atoms with Gasteiger partial charge in [0.2, 0.25) is 6.08 Å². The van der Waals surface area contributed by atoms with Gasteiger partial charge < -0.3 is 5.84 Å². The summed E-state index contributed by atoms with van der Waals surface area (Å²) in [5.74, 6) is 5.65. The van der Waals surface area contributed by atoms with E-state index in [9.17, 15) is 0 Å². The Morgan fingerprint density at radius 1 is 1.80 bits per heavy atom. The first-order chi connectivity index (χ1) is 1.91. The van der Waals surface area contributed by atoms with Gasteiger partial charge in [-0.05, 0) is 0 Å². The van der Waals surface area contributed by atoms with Gasteiger partial charge in [-0.15, -0.1) is 0 Å². The fraction of sp³-hybridized carbons (Fsp3) is 0. The minimum Gasteiger partial charge on any atom is -0.605 e. The normalized spacial score (nSPS) is 3.20. The van der Waals surface area contributed by atoms with Crippen molar-refractivity contribution < 1.29 is 34.4 Å². The first-order valence-corrected chi connectivity index (χ1v) is 0.651. The molecule has 0 radical (unpaired) electrons. The van der Waals surface area contributed by atoms with Gasteiger partial charge in [-0.3, -0.25) is 5.10 Å². The van der Waals surface area contributed by atoms with Gasteiger partial charge >= 0.3 is 29.6 Å². The first kappa shape index (κ1) is 8.95. The van der Waals surface area contributed by atoms with Crippen LogP contribution < -0.4 is 29.6 Å². The summed E-state index contributed by atoms with van der Waals surface area (Å²) >= 11 is 0. The van der Waals surface area contributed by atoms with E-state index in [0.29, 0.717) is 0 Å². The van der Waals surface area contributed by atoms with Gasteiger partial charge in [0.1, 0.15) is 0 Å². The van der Waals surface area contributed by atoms with Gasteiger partial charge in [0, 0.05) is 0 Å². The summed E-state index contributed by atoms with van der Waals surface area (Å²) in [5, 5.41) is 2.18. The molecule has 0 aliphatic carbocycles. The van der Waals surface area contributed by atoms with Crippen LogP contribution >= 0.6 is 0 Å². The topological polar surface area (TPSA) is 53.2 Å². The van der Waals surface area contributed by atoms with Crippen molar-refractivity contribution in [1.29, 1.82) is 0 Å². The molecule has 0 atom stereocenters. The molecule has 5 heavy (non-hydrogen) atoms. The van der Waals surface area contributed by atoms with Crippen LogP contribution in [-0.2, 0) is 4.79 Å². The number of hydrogen-bond acceptors (Lipinski definition) is 2. The van der Waals surface area contributed by atoms with Crippen LogP contribution in [0.25, 0.3) is 5.84 Å². The maximum atomic E-state index is 8.69. The molecule has 0 aromatic rings. The Hall–Kier alpha value is 0.180. The summed E-state index contributed by atoms with van der Waals surface area (Å²) in [4.78, 5) is 8.69. The van der Waals surface area contributed by atoms with Crippen molar-refractivity contribution in [2.75, 3.05) is 0 Å². The molecule has 1 N–H and O–H groups in total. The number of rotatable bonds is 0. The van der Waals surface area contributed by atoms with E-state index < -0.39 is 0 Å². The molecule has 0 unspecified atom stereocenters. The van der Waals surface area contributed by atoms with Gasteiger partial charge in [-0.2, -0.15) is 0 Å². The average molecular weight is 80.0 g/mol. The van der Waals surface area contributed by atoms with Crippen LogP contribution in [-0.4, -0.2) is 6.08 Å². The molecule has 0 aromatic heterocycles. The van der Waals surface area contributed by atoms with Crippen molar-refractivity contribution in [3.8, 4) is 0 Å². The van der Waals surface area contributed by atoms with Crippen LogP contribution in [0, 0.1) is 0 Å². The number of hydrogen-bond donors (Lipinski definition) is 0. The van der Waals surface area contributed by atoms with E-state index in [-0.39, 0.29) is 29.6 Å². The third-order valence-electron chi connectivity index (χ3n) is 0.0456. The fourth-order valence-electron chi connectivity index (χ4n) is 0. The molecule has 0 saturated heterocycles. The molecular weight excluding hydrogens is 79.0 g/mol. The zero-order valence-electron chi connectivity index (χ0n) is 2.86. The molecule has 0 saturated carbocycles. The fourth-order valence-corrected chi connectivity index (χ4v) is 0. The molecule has 4 heteroatoms. The van der Waals surface area contributed by atoms with Crippen LogP contribution in [0.15, 0.2) is 5.10 Å². The second kappa shape index (κ2) is 8.89. The molecular formula is CHN2NaO. The molecule has 0 spiro atoms. The van der Waals surface area contributed by atoms with E-state index in [1.807, 2.05) is 0 Å². The van der Waals surface area contributed by atoms with Crippen molar-refractivity contribution in [3.05, 3.63) is 5.84 Å². The summed E-state index contributed by atoms with van der Waals surface area (Å²) < 4.78 is 0. The summed E-state index contributed by atoms with van der Waals surface area (Å²) in [5.41, 5.74) is 0. The van der Waals surface area contributed by atoms with Crippen LogP contribution in [0.4, 0.5) is 0 Å². The van der Waals surface area contributed by atoms with Crippen LogP contribution in [0.1, 0.15) is 0 Å². The summed E-state index contributed by atoms with van der Waals surface area (Å²) in [6.45, 7) is 0. The van der Waals surface area contributed by atoms with Gasteiger partial charge in [0.05, 0.1) is 0 Å². The Bertz CT molecular complexity index is 47.6. The molecule has 0 heterocycles.